The van der Waals surface area contributed by atoms with Crippen molar-refractivity contribution in [2.24, 2.45) is 4.99 Å². The highest BCUT2D eigenvalue weighted by molar-refractivity contribution is 14.0. The second-order valence-corrected chi connectivity index (χ2v) is 6.36. The zero-order valence-corrected chi connectivity index (χ0v) is 17.5. The minimum absolute atomic E-state index is 0. The zero-order chi connectivity index (χ0) is 17.5. The fourth-order valence-electron chi connectivity index (χ4n) is 3.22. The van der Waals surface area contributed by atoms with Crippen LogP contribution in [0.4, 0.5) is 4.39 Å². The van der Waals surface area contributed by atoms with Gasteiger partial charge in [0.25, 0.3) is 0 Å². The molecule has 2 heterocycles. The molecule has 1 aromatic carbocycles. The summed E-state index contributed by atoms with van der Waals surface area (Å²) in [4.78, 5) is 7.76. The van der Waals surface area contributed by atoms with Crippen LogP contribution >= 0.6 is 24.0 Å². The van der Waals surface area contributed by atoms with Crippen molar-refractivity contribution in [2.75, 3.05) is 26.2 Å². The molecule has 1 aliphatic rings. The van der Waals surface area contributed by atoms with Gasteiger partial charge in [0, 0.05) is 43.3 Å². The molecule has 1 fully saturated rings. The molecule has 1 unspecified atom stereocenters. The van der Waals surface area contributed by atoms with Gasteiger partial charge in [0.2, 0.25) is 0 Å². The highest BCUT2D eigenvalue weighted by Crippen LogP contribution is 2.19. The highest BCUT2D eigenvalue weighted by atomic mass is 127. The first-order chi connectivity index (χ1) is 12.3. The van der Waals surface area contributed by atoms with Gasteiger partial charge in [-0.3, -0.25) is 4.99 Å². The van der Waals surface area contributed by atoms with E-state index in [-0.39, 0.29) is 29.8 Å². The second-order valence-electron chi connectivity index (χ2n) is 6.36. The first-order valence-corrected chi connectivity index (χ1v) is 9.15. The Bertz CT molecular complexity index is 713. The number of hydrogen-bond donors (Lipinski definition) is 3. The van der Waals surface area contributed by atoms with Crippen LogP contribution in [-0.2, 0) is 11.2 Å². The molecule has 2 aromatic rings. The average Bonchev–Trinajstić information content (AvgIpc) is 3.24. The van der Waals surface area contributed by atoms with Crippen LogP contribution in [0.5, 0.6) is 0 Å². The molecule has 7 heteroatoms. The summed E-state index contributed by atoms with van der Waals surface area (Å²) in [5.74, 6) is 0.623. The highest BCUT2D eigenvalue weighted by Gasteiger charge is 2.14. The van der Waals surface area contributed by atoms with Gasteiger partial charge in [-0.05, 0) is 56.4 Å². The number of rotatable bonds is 7. The molecule has 3 N–H and O–H groups in total. The summed E-state index contributed by atoms with van der Waals surface area (Å²) in [5.41, 5.74) is 2.02. The number of benzene rings is 1. The zero-order valence-electron chi connectivity index (χ0n) is 15.2. The summed E-state index contributed by atoms with van der Waals surface area (Å²) in [6.45, 7) is 5.33. The molecular weight excluding hydrogens is 446 g/mol. The lowest BCUT2D eigenvalue weighted by atomic mass is 10.1. The summed E-state index contributed by atoms with van der Waals surface area (Å²) in [6.07, 6.45) is 6.47. The van der Waals surface area contributed by atoms with Gasteiger partial charge in [0.1, 0.15) is 5.82 Å². The molecule has 0 aliphatic carbocycles. The Kier molecular flexibility index (Phi) is 8.64. The van der Waals surface area contributed by atoms with Crippen LogP contribution in [0.15, 0.2) is 29.4 Å². The number of fused-ring (bicyclic) bond motifs is 1. The summed E-state index contributed by atoms with van der Waals surface area (Å²) in [5, 5.41) is 7.72. The van der Waals surface area contributed by atoms with Crippen LogP contribution in [-0.4, -0.2) is 43.3 Å². The van der Waals surface area contributed by atoms with Crippen LogP contribution in [0.3, 0.4) is 0 Å². The standard InChI is InChI=1S/C19H27FN4O.HI/c1-2-21-19(23-10-8-16-4-3-11-25-16)22-9-7-14-13-24-18-12-15(20)5-6-17(14)18;/h5-6,12-13,16,24H,2-4,7-11H2,1H3,(H2,21,22,23);1H. The van der Waals surface area contributed by atoms with Crippen molar-refractivity contribution >= 4 is 40.8 Å². The molecule has 0 amide bonds. The van der Waals surface area contributed by atoms with Crippen molar-refractivity contribution in [3.8, 4) is 0 Å². The van der Waals surface area contributed by atoms with Crippen LogP contribution < -0.4 is 10.6 Å². The van der Waals surface area contributed by atoms with Gasteiger partial charge in [0.05, 0.1) is 6.10 Å². The van der Waals surface area contributed by atoms with E-state index in [0.717, 1.165) is 62.4 Å². The first-order valence-electron chi connectivity index (χ1n) is 9.15. The summed E-state index contributed by atoms with van der Waals surface area (Å²) >= 11 is 0. The molecule has 1 atom stereocenters. The third-order valence-corrected chi connectivity index (χ3v) is 4.51. The van der Waals surface area contributed by atoms with Crippen LogP contribution in [0.25, 0.3) is 10.9 Å². The predicted molar refractivity (Wildman–Crippen MR) is 115 cm³/mol. The number of aromatic amines is 1. The topological polar surface area (TPSA) is 61.4 Å². The smallest absolute Gasteiger partial charge is 0.191 e. The lowest BCUT2D eigenvalue weighted by Crippen LogP contribution is -2.38. The summed E-state index contributed by atoms with van der Waals surface area (Å²) in [7, 11) is 0. The number of guanidine groups is 1. The van der Waals surface area contributed by atoms with Crippen molar-refractivity contribution in [3.05, 3.63) is 35.8 Å². The Labute approximate surface area is 171 Å². The Morgan fingerprint density at radius 3 is 3.04 bits per heavy atom. The van der Waals surface area contributed by atoms with Crippen LogP contribution in [0, 0.1) is 5.82 Å². The Morgan fingerprint density at radius 2 is 2.27 bits per heavy atom. The number of hydrogen-bond acceptors (Lipinski definition) is 2. The maximum absolute atomic E-state index is 13.3. The van der Waals surface area contributed by atoms with Gasteiger partial charge in [-0.2, -0.15) is 0 Å². The van der Waals surface area contributed by atoms with E-state index < -0.39 is 0 Å². The Hall–Kier alpha value is -1.35. The maximum Gasteiger partial charge on any atom is 0.191 e. The van der Waals surface area contributed by atoms with Crippen molar-refractivity contribution < 1.29 is 9.13 Å². The largest absolute Gasteiger partial charge is 0.378 e. The van der Waals surface area contributed by atoms with E-state index in [1.165, 1.54) is 24.1 Å². The van der Waals surface area contributed by atoms with Crippen molar-refractivity contribution in [1.82, 2.24) is 15.6 Å². The second kappa shape index (κ2) is 10.7. The summed E-state index contributed by atoms with van der Waals surface area (Å²) < 4.78 is 18.9. The maximum atomic E-state index is 13.3. The number of halogens is 2. The normalized spacial score (nSPS) is 17.3. The number of aliphatic imine (C=N–C) groups is 1. The van der Waals surface area contributed by atoms with Crippen molar-refractivity contribution in [3.63, 3.8) is 0 Å². The van der Waals surface area contributed by atoms with Crippen molar-refractivity contribution in [1.29, 1.82) is 0 Å². The van der Waals surface area contributed by atoms with Crippen LogP contribution in [0.1, 0.15) is 31.7 Å². The van der Waals surface area contributed by atoms with Gasteiger partial charge in [-0.1, -0.05) is 0 Å². The molecule has 1 aromatic heterocycles. The third-order valence-electron chi connectivity index (χ3n) is 4.51. The van der Waals surface area contributed by atoms with Gasteiger partial charge in [-0.25, -0.2) is 4.39 Å². The molecule has 5 nitrogen and oxygen atoms in total. The minimum atomic E-state index is -0.216. The minimum Gasteiger partial charge on any atom is -0.378 e. The molecule has 0 spiro atoms. The number of nitrogens with zero attached hydrogens (tertiary/aromatic N) is 1. The molecule has 1 saturated heterocycles. The quantitative estimate of drug-likeness (QED) is 0.327. The van der Waals surface area contributed by atoms with Gasteiger partial charge in [0.15, 0.2) is 5.96 Å². The molecule has 26 heavy (non-hydrogen) atoms. The molecule has 0 radical (unpaired) electrons. The lowest BCUT2D eigenvalue weighted by molar-refractivity contribution is 0.106. The molecule has 3 rings (SSSR count). The van der Waals surface area contributed by atoms with Gasteiger partial charge >= 0.3 is 0 Å². The predicted octanol–water partition coefficient (Wildman–Crippen LogP) is 3.59. The molecule has 0 saturated carbocycles. The Morgan fingerprint density at radius 1 is 1.38 bits per heavy atom. The van der Waals surface area contributed by atoms with Crippen LogP contribution in [0.2, 0.25) is 0 Å². The Balaban J connectivity index is 0.00000243. The molecule has 0 bridgehead atoms. The third kappa shape index (κ3) is 5.84. The van der Waals surface area contributed by atoms with Gasteiger partial charge < -0.3 is 20.4 Å². The molecular formula is C19H28FIN4O. The average molecular weight is 474 g/mol. The fourth-order valence-corrected chi connectivity index (χ4v) is 3.22. The van der Waals surface area contributed by atoms with E-state index in [4.69, 9.17) is 4.74 Å². The van der Waals surface area contributed by atoms with E-state index in [1.807, 2.05) is 12.3 Å². The fraction of sp³-hybridized carbons (Fsp3) is 0.526. The number of H-pyrrole nitrogens is 1. The monoisotopic (exact) mass is 474 g/mol. The van der Waals surface area contributed by atoms with E-state index in [9.17, 15) is 4.39 Å². The van der Waals surface area contributed by atoms with E-state index in [0.29, 0.717) is 6.10 Å². The molecule has 144 valence electrons. The molecule has 1 aliphatic heterocycles. The number of ether oxygens (including phenoxy) is 1. The first kappa shape index (κ1) is 21.0. The van der Waals surface area contributed by atoms with Gasteiger partial charge in [-0.15, -0.1) is 24.0 Å². The number of aromatic nitrogens is 1. The number of nitrogens with one attached hydrogen (secondary N) is 3. The van der Waals surface area contributed by atoms with E-state index in [2.05, 4.69) is 27.5 Å². The van der Waals surface area contributed by atoms with Crippen molar-refractivity contribution in [2.45, 2.75) is 38.7 Å². The lowest BCUT2D eigenvalue weighted by Gasteiger charge is -2.12. The van der Waals surface area contributed by atoms with E-state index >= 15 is 0 Å². The SMILES string of the molecule is CCNC(=NCCC1CCCO1)NCCc1c[nH]c2cc(F)ccc12.I. The van der Waals surface area contributed by atoms with E-state index in [1.54, 1.807) is 0 Å². The summed E-state index contributed by atoms with van der Waals surface area (Å²) in [6, 6.07) is 4.87.